The van der Waals surface area contributed by atoms with Crippen molar-refractivity contribution in [2.24, 2.45) is 0 Å². The maximum atomic E-state index is 11.6. The molecule has 0 N–H and O–H groups in total. The number of alkyl halides is 3. The van der Waals surface area contributed by atoms with Gasteiger partial charge >= 0.3 is 12.1 Å². The van der Waals surface area contributed by atoms with Gasteiger partial charge in [0.2, 0.25) is 0 Å². The molecule has 0 aliphatic carbocycles. The summed E-state index contributed by atoms with van der Waals surface area (Å²) in [7, 11) is 0. The predicted octanol–water partition coefficient (Wildman–Crippen LogP) is 3.00. The van der Waals surface area contributed by atoms with Crippen molar-refractivity contribution in [3.63, 3.8) is 0 Å². The van der Waals surface area contributed by atoms with E-state index in [1.807, 2.05) is 0 Å². The summed E-state index contributed by atoms with van der Waals surface area (Å²) in [6.45, 7) is 3.19. The fraction of sp³-hybridized carbons (Fsp3) is 0.500. The van der Waals surface area contributed by atoms with Crippen molar-refractivity contribution in [1.29, 1.82) is 0 Å². The molecule has 0 rings (SSSR count). The smallest absolute Gasteiger partial charge is 0.455 e. The molecule has 0 saturated carbocycles. The lowest BCUT2D eigenvalue weighted by Gasteiger charge is -2.04. The molecule has 0 amide bonds. The fourth-order valence-electron chi connectivity index (χ4n) is 0.772. The Morgan fingerprint density at radius 2 is 1.93 bits per heavy atom. The van der Waals surface area contributed by atoms with Gasteiger partial charge in [-0.25, -0.2) is 4.79 Å². The monoisotopic (exact) mass is 222 g/mol. The molecule has 0 saturated heterocycles. The van der Waals surface area contributed by atoms with Gasteiger partial charge in [-0.15, -0.1) is 6.58 Å². The summed E-state index contributed by atoms with van der Waals surface area (Å²) in [5.41, 5.74) is 0. The minimum Gasteiger partial charge on any atom is -0.455 e. The van der Waals surface area contributed by atoms with Crippen molar-refractivity contribution in [1.82, 2.24) is 0 Å². The number of rotatable bonds is 6. The van der Waals surface area contributed by atoms with E-state index in [0.29, 0.717) is 0 Å². The highest BCUT2D eigenvalue weighted by Crippen LogP contribution is 2.16. The normalized spacial score (nSPS) is 11.7. The molecule has 0 heterocycles. The molecule has 0 radical (unpaired) electrons. The van der Waals surface area contributed by atoms with Gasteiger partial charge in [0.25, 0.3) is 0 Å². The molecular formula is C10H13F3O2. The number of halogens is 3. The van der Waals surface area contributed by atoms with Gasteiger partial charge in [-0.1, -0.05) is 18.2 Å². The van der Waals surface area contributed by atoms with Crippen LogP contribution in [0, 0.1) is 0 Å². The Morgan fingerprint density at radius 3 is 2.47 bits per heavy atom. The zero-order valence-electron chi connectivity index (χ0n) is 8.22. The molecule has 0 aromatic carbocycles. The molecule has 0 fully saturated rings. The van der Waals surface area contributed by atoms with Gasteiger partial charge < -0.3 is 4.74 Å². The molecular weight excluding hydrogens is 209 g/mol. The van der Waals surface area contributed by atoms with Crippen molar-refractivity contribution in [3.8, 4) is 0 Å². The van der Waals surface area contributed by atoms with E-state index < -0.39 is 12.1 Å². The van der Waals surface area contributed by atoms with E-state index in [9.17, 15) is 18.0 Å². The zero-order chi connectivity index (χ0) is 11.7. The van der Waals surface area contributed by atoms with E-state index in [2.05, 4.69) is 11.3 Å². The Kier molecular flexibility index (Phi) is 6.49. The van der Waals surface area contributed by atoms with Crippen LogP contribution in [0.5, 0.6) is 0 Å². The van der Waals surface area contributed by atoms with Gasteiger partial charge in [0.15, 0.2) is 0 Å². The standard InChI is InChI=1S/C10H13F3O2/c1-2-3-4-5-6-7-8-15-9(14)10(11,12)13/h2,6-7H,1,3-5,8H2. The zero-order valence-corrected chi connectivity index (χ0v) is 8.22. The van der Waals surface area contributed by atoms with Crippen LogP contribution in [-0.4, -0.2) is 18.8 Å². The molecule has 15 heavy (non-hydrogen) atoms. The van der Waals surface area contributed by atoms with Crippen molar-refractivity contribution in [2.45, 2.75) is 25.4 Å². The van der Waals surface area contributed by atoms with E-state index >= 15 is 0 Å². The highest BCUT2D eigenvalue weighted by Gasteiger charge is 2.40. The van der Waals surface area contributed by atoms with Crippen LogP contribution in [0.2, 0.25) is 0 Å². The summed E-state index contributed by atoms with van der Waals surface area (Å²) < 4.78 is 38.8. The van der Waals surface area contributed by atoms with E-state index in [1.165, 1.54) is 6.08 Å². The number of carbonyl (C=O) groups is 1. The van der Waals surface area contributed by atoms with Crippen LogP contribution < -0.4 is 0 Å². The highest BCUT2D eigenvalue weighted by atomic mass is 19.4. The van der Waals surface area contributed by atoms with Gasteiger partial charge in [-0.3, -0.25) is 0 Å². The maximum absolute atomic E-state index is 11.6. The number of ether oxygens (including phenoxy) is 1. The summed E-state index contributed by atoms with van der Waals surface area (Å²) in [5, 5.41) is 0. The van der Waals surface area contributed by atoms with Crippen LogP contribution in [0.4, 0.5) is 13.2 Å². The van der Waals surface area contributed by atoms with Gasteiger partial charge in [0, 0.05) is 0 Å². The SMILES string of the molecule is C=CCCCC=CCOC(=O)C(F)(F)F. The molecule has 0 aliphatic heterocycles. The second-order valence-electron chi connectivity index (χ2n) is 2.79. The minimum atomic E-state index is -4.91. The summed E-state index contributed by atoms with van der Waals surface area (Å²) >= 11 is 0. The molecule has 5 heteroatoms. The average Bonchev–Trinajstić information content (AvgIpc) is 2.14. The largest absolute Gasteiger partial charge is 0.490 e. The Hall–Kier alpha value is -1.26. The number of hydrogen-bond donors (Lipinski definition) is 0. The maximum Gasteiger partial charge on any atom is 0.490 e. The Bertz CT molecular complexity index is 231. The molecule has 0 aliphatic rings. The number of allylic oxidation sites excluding steroid dienone is 2. The lowest BCUT2D eigenvalue weighted by Crippen LogP contribution is -2.25. The summed E-state index contributed by atoms with van der Waals surface area (Å²) in [6, 6.07) is 0. The topological polar surface area (TPSA) is 26.3 Å². The highest BCUT2D eigenvalue weighted by molar-refractivity contribution is 5.75. The average molecular weight is 222 g/mol. The Balaban J connectivity index is 3.53. The molecule has 0 atom stereocenters. The van der Waals surface area contributed by atoms with E-state index in [0.717, 1.165) is 19.3 Å². The summed E-state index contributed by atoms with van der Waals surface area (Å²) in [6.07, 6.45) is 2.39. The van der Waals surface area contributed by atoms with Crippen LogP contribution in [0.1, 0.15) is 19.3 Å². The third-order valence-electron chi connectivity index (χ3n) is 1.49. The van der Waals surface area contributed by atoms with E-state index in [1.54, 1.807) is 12.2 Å². The van der Waals surface area contributed by atoms with Crippen molar-refractivity contribution < 1.29 is 22.7 Å². The summed E-state index contributed by atoms with van der Waals surface area (Å²) in [4.78, 5) is 10.2. The number of hydrogen-bond acceptors (Lipinski definition) is 2. The fourth-order valence-corrected chi connectivity index (χ4v) is 0.772. The third kappa shape index (κ3) is 7.78. The van der Waals surface area contributed by atoms with Gasteiger partial charge in [0.05, 0.1) is 0 Å². The van der Waals surface area contributed by atoms with Crippen molar-refractivity contribution in [3.05, 3.63) is 24.8 Å². The van der Waals surface area contributed by atoms with Crippen LogP contribution in [0.3, 0.4) is 0 Å². The van der Waals surface area contributed by atoms with Gasteiger partial charge in [-0.05, 0) is 19.3 Å². The molecule has 0 unspecified atom stereocenters. The van der Waals surface area contributed by atoms with Crippen LogP contribution in [-0.2, 0) is 9.53 Å². The minimum absolute atomic E-state index is 0.341. The first-order chi connectivity index (χ1) is 6.98. The molecule has 86 valence electrons. The lowest BCUT2D eigenvalue weighted by molar-refractivity contribution is -0.198. The quantitative estimate of drug-likeness (QED) is 0.392. The molecule has 2 nitrogen and oxygen atoms in total. The third-order valence-corrected chi connectivity index (χ3v) is 1.49. The Labute approximate surface area is 86.4 Å². The predicted molar refractivity (Wildman–Crippen MR) is 50.2 cm³/mol. The van der Waals surface area contributed by atoms with Gasteiger partial charge in [-0.2, -0.15) is 13.2 Å². The van der Waals surface area contributed by atoms with Crippen molar-refractivity contribution in [2.75, 3.05) is 6.61 Å². The number of unbranched alkanes of at least 4 members (excludes halogenated alkanes) is 2. The molecule has 0 aromatic rings. The van der Waals surface area contributed by atoms with Gasteiger partial charge in [0.1, 0.15) is 6.61 Å². The molecule has 0 aromatic heterocycles. The second kappa shape index (κ2) is 7.09. The van der Waals surface area contributed by atoms with E-state index in [-0.39, 0.29) is 6.61 Å². The summed E-state index contributed by atoms with van der Waals surface area (Å²) in [5.74, 6) is -2.15. The van der Waals surface area contributed by atoms with E-state index in [4.69, 9.17) is 0 Å². The first kappa shape index (κ1) is 13.7. The molecule has 0 bridgehead atoms. The van der Waals surface area contributed by atoms with Crippen LogP contribution in [0.25, 0.3) is 0 Å². The van der Waals surface area contributed by atoms with Crippen LogP contribution in [0.15, 0.2) is 24.8 Å². The molecule has 0 spiro atoms. The first-order valence-corrected chi connectivity index (χ1v) is 4.48. The van der Waals surface area contributed by atoms with Crippen molar-refractivity contribution >= 4 is 5.97 Å². The van der Waals surface area contributed by atoms with Crippen LogP contribution >= 0.6 is 0 Å². The Morgan fingerprint density at radius 1 is 1.27 bits per heavy atom. The number of carbonyl (C=O) groups excluding carboxylic acids is 1. The number of esters is 1. The lowest BCUT2D eigenvalue weighted by atomic mass is 10.2. The second-order valence-corrected chi connectivity index (χ2v) is 2.79. The first-order valence-electron chi connectivity index (χ1n) is 4.48.